The van der Waals surface area contributed by atoms with Crippen molar-refractivity contribution in [3.63, 3.8) is 0 Å². The number of methoxy groups -OCH3 is 1. The first-order valence-electron chi connectivity index (χ1n) is 9.67. The van der Waals surface area contributed by atoms with Crippen LogP contribution in [0.5, 0.6) is 5.75 Å². The zero-order valence-electron chi connectivity index (χ0n) is 16.3. The third kappa shape index (κ3) is 3.65. The minimum atomic E-state index is -0.154. The van der Waals surface area contributed by atoms with Crippen molar-refractivity contribution in [3.8, 4) is 5.75 Å². The number of ether oxygens (including phenoxy) is 1. The summed E-state index contributed by atoms with van der Waals surface area (Å²) in [4.78, 5) is 21.4. The second-order valence-electron chi connectivity index (χ2n) is 7.21. The average Bonchev–Trinajstić information content (AvgIpc) is 2.78. The number of nitrogens with zero attached hydrogens (tertiary/aromatic N) is 3. The lowest BCUT2D eigenvalue weighted by atomic mass is 9.96. The molecule has 0 radical (unpaired) electrons. The minimum Gasteiger partial charge on any atom is -0.497 e. The number of piperazine rings is 1. The SMILES string of the molecule is COc1ccc2cc([C@H](C)C(=O)N3CCN(c4ccncc4)CC3)ccc2c1. The second-order valence-corrected chi connectivity index (χ2v) is 7.21. The molecule has 2 heterocycles. The van der Waals surface area contributed by atoms with Crippen LogP contribution in [0.25, 0.3) is 10.8 Å². The zero-order chi connectivity index (χ0) is 19.5. The number of amides is 1. The fraction of sp³-hybridized carbons (Fsp3) is 0.304. The summed E-state index contributed by atoms with van der Waals surface area (Å²) in [5.41, 5.74) is 2.22. The van der Waals surface area contributed by atoms with Gasteiger partial charge in [0.15, 0.2) is 0 Å². The fourth-order valence-corrected chi connectivity index (χ4v) is 3.79. The van der Waals surface area contributed by atoms with Gasteiger partial charge in [-0.3, -0.25) is 9.78 Å². The molecule has 0 unspecified atom stereocenters. The summed E-state index contributed by atoms with van der Waals surface area (Å²) in [7, 11) is 1.67. The van der Waals surface area contributed by atoms with E-state index in [1.165, 1.54) is 5.69 Å². The molecule has 1 amide bonds. The lowest BCUT2D eigenvalue weighted by Gasteiger charge is -2.37. The first-order valence-corrected chi connectivity index (χ1v) is 9.67. The van der Waals surface area contributed by atoms with Crippen LogP contribution in [0.15, 0.2) is 60.9 Å². The van der Waals surface area contributed by atoms with E-state index in [1.54, 1.807) is 7.11 Å². The summed E-state index contributed by atoms with van der Waals surface area (Å²) >= 11 is 0. The van der Waals surface area contributed by atoms with Crippen LogP contribution in [0.4, 0.5) is 5.69 Å². The van der Waals surface area contributed by atoms with Crippen molar-refractivity contribution in [2.24, 2.45) is 0 Å². The Morgan fingerprint density at radius 2 is 1.64 bits per heavy atom. The molecule has 1 saturated heterocycles. The fourth-order valence-electron chi connectivity index (χ4n) is 3.79. The number of carbonyl (C=O) groups excluding carboxylic acids is 1. The van der Waals surface area contributed by atoms with E-state index >= 15 is 0 Å². The number of hydrogen-bond acceptors (Lipinski definition) is 4. The summed E-state index contributed by atoms with van der Waals surface area (Å²) in [5, 5.41) is 2.24. The van der Waals surface area contributed by atoms with Gasteiger partial charge in [0.05, 0.1) is 13.0 Å². The monoisotopic (exact) mass is 375 g/mol. The van der Waals surface area contributed by atoms with Crippen LogP contribution in [0.3, 0.4) is 0 Å². The Morgan fingerprint density at radius 1 is 0.964 bits per heavy atom. The molecule has 1 fully saturated rings. The number of aromatic nitrogens is 1. The number of anilines is 1. The van der Waals surface area contributed by atoms with E-state index in [0.717, 1.165) is 48.3 Å². The normalized spacial score (nSPS) is 15.5. The summed E-state index contributed by atoms with van der Waals surface area (Å²) in [6.45, 7) is 5.19. The van der Waals surface area contributed by atoms with Gasteiger partial charge in [-0.25, -0.2) is 0 Å². The van der Waals surface area contributed by atoms with Crippen LogP contribution in [-0.4, -0.2) is 49.1 Å². The molecule has 4 rings (SSSR count). The number of benzene rings is 2. The van der Waals surface area contributed by atoms with E-state index < -0.39 is 0 Å². The number of pyridine rings is 1. The Morgan fingerprint density at radius 3 is 2.36 bits per heavy atom. The molecule has 0 spiro atoms. The van der Waals surface area contributed by atoms with Crippen LogP contribution in [-0.2, 0) is 4.79 Å². The number of hydrogen-bond donors (Lipinski definition) is 0. The van der Waals surface area contributed by atoms with Crippen LogP contribution in [0.2, 0.25) is 0 Å². The van der Waals surface area contributed by atoms with Gasteiger partial charge in [0, 0.05) is 44.3 Å². The van der Waals surface area contributed by atoms with Crippen molar-refractivity contribution in [2.45, 2.75) is 12.8 Å². The zero-order valence-corrected chi connectivity index (χ0v) is 16.3. The molecule has 0 aliphatic carbocycles. The lowest BCUT2D eigenvalue weighted by molar-refractivity contribution is -0.132. The summed E-state index contributed by atoms with van der Waals surface area (Å²) in [6, 6.07) is 16.3. The Bertz CT molecular complexity index is 966. The topological polar surface area (TPSA) is 45.7 Å². The van der Waals surface area contributed by atoms with E-state index in [4.69, 9.17) is 4.74 Å². The van der Waals surface area contributed by atoms with Gasteiger partial charge in [0.2, 0.25) is 5.91 Å². The van der Waals surface area contributed by atoms with Gasteiger partial charge in [-0.05, 0) is 47.5 Å². The van der Waals surface area contributed by atoms with Crippen LogP contribution < -0.4 is 9.64 Å². The predicted molar refractivity (Wildman–Crippen MR) is 112 cm³/mol. The molecule has 5 nitrogen and oxygen atoms in total. The number of rotatable bonds is 4. The molecule has 1 atom stereocenters. The molecular weight excluding hydrogens is 350 g/mol. The molecule has 1 aliphatic rings. The van der Waals surface area contributed by atoms with Gasteiger partial charge in [0.25, 0.3) is 0 Å². The maximum absolute atomic E-state index is 13.1. The number of carbonyl (C=O) groups is 1. The van der Waals surface area contributed by atoms with Crippen molar-refractivity contribution in [1.82, 2.24) is 9.88 Å². The summed E-state index contributed by atoms with van der Waals surface area (Å²) in [6.07, 6.45) is 3.62. The van der Waals surface area contributed by atoms with Gasteiger partial charge in [-0.1, -0.05) is 24.3 Å². The first kappa shape index (κ1) is 18.3. The molecule has 144 valence electrons. The van der Waals surface area contributed by atoms with Crippen LogP contribution in [0.1, 0.15) is 18.4 Å². The molecule has 28 heavy (non-hydrogen) atoms. The van der Waals surface area contributed by atoms with E-state index in [2.05, 4.69) is 28.1 Å². The molecule has 0 saturated carbocycles. The average molecular weight is 375 g/mol. The Hall–Kier alpha value is -3.08. The van der Waals surface area contributed by atoms with Crippen molar-refractivity contribution in [3.05, 3.63) is 66.5 Å². The molecule has 3 aromatic rings. The molecule has 2 aromatic carbocycles. The van der Waals surface area contributed by atoms with E-state index in [-0.39, 0.29) is 11.8 Å². The highest BCUT2D eigenvalue weighted by molar-refractivity contribution is 5.88. The maximum Gasteiger partial charge on any atom is 0.229 e. The van der Waals surface area contributed by atoms with Gasteiger partial charge in [-0.15, -0.1) is 0 Å². The minimum absolute atomic E-state index is 0.154. The van der Waals surface area contributed by atoms with Gasteiger partial charge < -0.3 is 14.5 Å². The molecular formula is C23H25N3O2. The van der Waals surface area contributed by atoms with E-state index in [0.29, 0.717) is 0 Å². The highest BCUT2D eigenvalue weighted by Crippen LogP contribution is 2.26. The highest BCUT2D eigenvalue weighted by atomic mass is 16.5. The highest BCUT2D eigenvalue weighted by Gasteiger charge is 2.26. The Balaban J connectivity index is 1.44. The quantitative estimate of drug-likeness (QED) is 0.698. The third-order valence-corrected chi connectivity index (χ3v) is 5.56. The van der Waals surface area contributed by atoms with Crippen LogP contribution >= 0.6 is 0 Å². The van der Waals surface area contributed by atoms with E-state index in [1.807, 2.05) is 54.5 Å². The Labute approximate surface area is 165 Å². The van der Waals surface area contributed by atoms with Gasteiger partial charge >= 0.3 is 0 Å². The molecule has 1 aliphatic heterocycles. The van der Waals surface area contributed by atoms with E-state index in [9.17, 15) is 4.79 Å². The second kappa shape index (κ2) is 7.89. The van der Waals surface area contributed by atoms with Crippen molar-refractivity contribution in [2.75, 3.05) is 38.2 Å². The predicted octanol–water partition coefficient (Wildman–Crippen LogP) is 3.70. The maximum atomic E-state index is 13.1. The standard InChI is InChI=1S/C23H25N3O2/c1-17(18-3-4-20-16-22(28-2)6-5-19(20)15-18)23(27)26-13-11-25(12-14-26)21-7-9-24-10-8-21/h3-10,15-17H,11-14H2,1-2H3/t17-/m0/s1. The van der Waals surface area contributed by atoms with Gasteiger partial charge in [-0.2, -0.15) is 0 Å². The van der Waals surface area contributed by atoms with Crippen molar-refractivity contribution in [1.29, 1.82) is 0 Å². The molecule has 0 N–H and O–H groups in total. The lowest BCUT2D eigenvalue weighted by Crippen LogP contribution is -2.49. The van der Waals surface area contributed by atoms with Crippen LogP contribution in [0, 0.1) is 0 Å². The van der Waals surface area contributed by atoms with Gasteiger partial charge in [0.1, 0.15) is 5.75 Å². The molecule has 5 heteroatoms. The Kier molecular flexibility index (Phi) is 5.15. The number of fused-ring (bicyclic) bond motifs is 1. The molecule has 0 bridgehead atoms. The smallest absolute Gasteiger partial charge is 0.229 e. The third-order valence-electron chi connectivity index (χ3n) is 5.56. The first-order chi connectivity index (χ1) is 13.7. The van der Waals surface area contributed by atoms with Crippen molar-refractivity contribution < 1.29 is 9.53 Å². The van der Waals surface area contributed by atoms with Crippen molar-refractivity contribution >= 4 is 22.4 Å². The molecule has 1 aromatic heterocycles. The summed E-state index contributed by atoms with van der Waals surface area (Å²) in [5.74, 6) is 0.887. The summed E-state index contributed by atoms with van der Waals surface area (Å²) < 4.78 is 5.29. The largest absolute Gasteiger partial charge is 0.497 e.